The molecule has 3 nitrogen and oxygen atoms in total. The molecule has 0 spiro atoms. The molecule has 0 amide bonds. The minimum absolute atomic E-state index is 1.09. The Balaban J connectivity index is 0.000000108. The van der Waals surface area contributed by atoms with Gasteiger partial charge in [0, 0.05) is 89.6 Å². The van der Waals surface area contributed by atoms with E-state index in [4.69, 9.17) is 0 Å². The van der Waals surface area contributed by atoms with Gasteiger partial charge in [-0.3, -0.25) is 0 Å². The molecule has 15 aromatic carbocycles. The summed E-state index contributed by atoms with van der Waals surface area (Å²) in [5, 5.41) is 26.4. The van der Waals surface area contributed by atoms with Crippen LogP contribution in [-0.2, 0) is 0 Å². The molecule has 0 saturated carbocycles. The lowest BCUT2D eigenvalue weighted by molar-refractivity contribution is 1.56. The van der Waals surface area contributed by atoms with Crippen LogP contribution >= 0.6 is 34.0 Å². The maximum atomic E-state index is 3.66. The first-order valence-electron chi connectivity index (χ1n) is 30.3. The Hall–Kier alpha value is -10.9. The van der Waals surface area contributed by atoms with Gasteiger partial charge in [0.25, 0.3) is 0 Å². The summed E-state index contributed by atoms with van der Waals surface area (Å²) in [6, 6.07) is 117. The van der Waals surface area contributed by atoms with Crippen LogP contribution in [0.3, 0.4) is 0 Å². The molecular formula is C84H57N3S3. The van der Waals surface area contributed by atoms with Crippen LogP contribution in [0, 0.1) is 0 Å². The van der Waals surface area contributed by atoms with Crippen LogP contribution in [0.1, 0.15) is 0 Å². The van der Waals surface area contributed by atoms with Crippen molar-refractivity contribution in [2.75, 3.05) is 16.0 Å². The predicted octanol–water partition coefficient (Wildman–Crippen LogP) is 25.9. The number of hydrogen-bond donors (Lipinski definition) is 3. The van der Waals surface area contributed by atoms with E-state index < -0.39 is 0 Å². The summed E-state index contributed by atoms with van der Waals surface area (Å²) >= 11 is 5.58. The van der Waals surface area contributed by atoms with Crippen molar-refractivity contribution in [3.05, 3.63) is 328 Å². The van der Waals surface area contributed by atoms with Crippen molar-refractivity contribution >= 4 is 161 Å². The third kappa shape index (κ3) is 10.9. The normalized spacial score (nSPS) is 11.3. The van der Waals surface area contributed by atoms with Crippen molar-refractivity contribution in [2.45, 2.75) is 0 Å². The molecule has 0 unspecified atom stereocenters. The lowest BCUT2D eigenvalue weighted by atomic mass is 10.0. The standard InChI is InChI=1S/C30H21NS.C28H19NS.C26H17NS/c1-3-7-21(8-4-1)23-11-14-25(15-12-23)31-26-16-18-30-28(20-26)27-19-24(13-17-29(27)32-30)22-9-5-2-6-10-22;1-2-8-23-20(6-1)7-5-10-26(23)29-22-15-12-19(13-16-22)21-14-17-28-25(18-21)24-9-3-4-11-27(24)30-28;1-2-8-19-16-20(14-12-17(19)6-1)27-23-11-5-10-22-25-21-9-4-3-7-18(21)13-15-24(25)28-26(22)23/h1-20,31H;1-18,29H;1-16,27H. The van der Waals surface area contributed by atoms with E-state index in [1.165, 1.54) is 126 Å². The monoisotopic (exact) mass is 1200 g/mol. The fraction of sp³-hybridized carbons (Fsp3) is 0. The highest BCUT2D eigenvalue weighted by molar-refractivity contribution is 7.27. The lowest BCUT2D eigenvalue weighted by Gasteiger charge is -2.11. The van der Waals surface area contributed by atoms with Gasteiger partial charge in [-0.05, 0) is 163 Å². The van der Waals surface area contributed by atoms with Gasteiger partial charge < -0.3 is 16.0 Å². The van der Waals surface area contributed by atoms with E-state index in [9.17, 15) is 0 Å². The summed E-state index contributed by atoms with van der Waals surface area (Å²) in [6.45, 7) is 0. The Morgan fingerprint density at radius 3 is 1.31 bits per heavy atom. The topological polar surface area (TPSA) is 36.1 Å². The average molecular weight is 1200 g/mol. The second-order valence-corrected chi connectivity index (χ2v) is 25.8. The maximum absolute atomic E-state index is 3.66. The van der Waals surface area contributed by atoms with Gasteiger partial charge in [0.1, 0.15) is 0 Å². The number of anilines is 6. The number of nitrogens with one attached hydrogen (secondary N) is 3. The Morgan fingerprint density at radius 1 is 0.189 bits per heavy atom. The Labute approximate surface area is 534 Å². The fourth-order valence-corrected chi connectivity index (χ4v) is 15.8. The van der Waals surface area contributed by atoms with E-state index in [1.807, 2.05) is 40.1 Å². The zero-order chi connectivity index (χ0) is 59.7. The highest BCUT2D eigenvalue weighted by Gasteiger charge is 2.14. The molecule has 90 heavy (non-hydrogen) atoms. The Kier molecular flexibility index (Phi) is 14.6. The molecule has 3 aromatic heterocycles. The van der Waals surface area contributed by atoms with E-state index in [0.29, 0.717) is 0 Å². The molecule has 0 bridgehead atoms. The quantitative estimate of drug-likeness (QED) is 0.135. The van der Waals surface area contributed by atoms with Gasteiger partial charge in [-0.15, -0.1) is 34.0 Å². The average Bonchev–Trinajstić information content (AvgIpc) is 2.11. The Bertz CT molecular complexity index is 5630. The van der Waals surface area contributed by atoms with Crippen LogP contribution in [0.25, 0.3) is 126 Å². The van der Waals surface area contributed by atoms with Crippen LogP contribution < -0.4 is 16.0 Å². The van der Waals surface area contributed by atoms with Gasteiger partial charge in [-0.25, -0.2) is 0 Å². The maximum Gasteiger partial charge on any atom is 0.0590 e. The third-order valence-electron chi connectivity index (χ3n) is 16.9. The molecule has 0 aliphatic heterocycles. The van der Waals surface area contributed by atoms with Crippen molar-refractivity contribution in [2.24, 2.45) is 0 Å². The van der Waals surface area contributed by atoms with Crippen LogP contribution in [0.4, 0.5) is 34.1 Å². The van der Waals surface area contributed by atoms with Gasteiger partial charge in [-0.2, -0.15) is 0 Å². The van der Waals surface area contributed by atoms with Gasteiger partial charge in [-0.1, -0.05) is 224 Å². The molecule has 426 valence electrons. The van der Waals surface area contributed by atoms with E-state index in [-0.39, 0.29) is 0 Å². The van der Waals surface area contributed by atoms with Gasteiger partial charge in [0.2, 0.25) is 0 Å². The predicted molar refractivity (Wildman–Crippen MR) is 396 cm³/mol. The number of rotatable bonds is 9. The highest BCUT2D eigenvalue weighted by atomic mass is 32.1. The van der Waals surface area contributed by atoms with Gasteiger partial charge >= 0.3 is 0 Å². The summed E-state index contributed by atoms with van der Waals surface area (Å²) in [7, 11) is 0. The molecule has 3 heterocycles. The molecular weight excluding hydrogens is 1150 g/mol. The highest BCUT2D eigenvalue weighted by Crippen LogP contribution is 2.44. The SMILES string of the molecule is c1ccc(-c2ccc(Nc3ccc4sc5ccc(-c6ccccc6)cc5c4c3)cc2)cc1.c1ccc2c(Nc3ccc(-c4ccc5sc6ccccc6c5c4)cc3)cccc2c1.c1ccc2cc(Nc3cccc4c3sc3ccc5ccccc5c34)ccc2c1. The fourth-order valence-electron chi connectivity index (χ4n) is 12.4. The van der Waals surface area contributed by atoms with Crippen molar-refractivity contribution in [3.8, 4) is 33.4 Å². The van der Waals surface area contributed by atoms with E-state index in [0.717, 1.165) is 34.1 Å². The first-order chi connectivity index (χ1) is 44.5. The third-order valence-corrected chi connectivity index (χ3v) is 20.4. The minimum Gasteiger partial charge on any atom is -0.356 e. The van der Waals surface area contributed by atoms with Crippen LogP contribution in [0.15, 0.2) is 328 Å². The van der Waals surface area contributed by atoms with Crippen LogP contribution in [0.2, 0.25) is 0 Å². The molecule has 0 radical (unpaired) electrons. The Morgan fingerprint density at radius 2 is 0.600 bits per heavy atom. The summed E-state index contributed by atoms with van der Waals surface area (Å²) < 4.78 is 7.97. The van der Waals surface area contributed by atoms with E-state index in [1.54, 1.807) is 0 Å². The number of thiophene rings is 3. The van der Waals surface area contributed by atoms with E-state index >= 15 is 0 Å². The summed E-state index contributed by atoms with van der Waals surface area (Å²) in [4.78, 5) is 0. The van der Waals surface area contributed by atoms with Gasteiger partial charge in [0.15, 0.2) is 0 Å². The van der Waals surface area contributed by atoms with Crippen LogP contribution in [0.5, 0.6) is 0 Å². The largest absolute Gasteiger partial charge is 0.356 e. The van der Waals surface area contributed by atoms with Crippen molar-refractivity contribution < 1.29 is 0 Å². The van der Waals surface area contributed by atoms with Crippen molar-refractivity contribution in [3.63, 3.8) is 0 Å². The molecule has 18 aromatic rings. The first-order valence-corrected chi connectivity index (χ1v) is 32.8. The number of hydrogen-bond acceptors (Lipinski definition) is 6. The minimum atomic E-state index is 1.09. The van der Waals surface area contributed by atoms with Gasteiger partial charge in [0.05, 0.1) is 10.4 Å². The molecule has 3 N–H and O–H groups in total. The van der Waals surface area contributed by atoms with Crippen LogP contribution in [-0.4, -0.2) is 0 Å². The molecule has 0 fully saturated rings. The summed E-state index contributed by atoms with van der Waals surface area (Å²) in [5.74, 6) is 0. The van der Waals surface area contributed by atoms with E-state index in [2.05, 4.69) is 337 Å². The summed E-state index contributed by atoms with van der Waals surface area (Å²) in [5.41, 5.74) is 14.2. The molecule has 0 atom stereocenters. The molecule has 0 aliphatic rings. The first kappa shape index (κ1) is 54.5. The second kappa shape index (κ2) is 24.0. The molecule has 0 aliphatic carbocycles. The zero-order valence-electron chi connectivity index (χ0n) is 48.9. The van der Waals surface area contributed by atoms with Crippen molar-refractivity contribution in [1.82, 2.24) is 0 Å². The van der Waals surface area contributed by atoms with Crippen molar-refractivity contribution in [1.29, 1.82) is 0 Å². The number of fused-ring (bicyclic) bond motifs is 13. The summed E-state index contributed by atoms with van der Waals surface area (Å²) in [6.07, 6.45) is 0. The molecule has 6 heteroatoms. The molecule has 0 saturated heterocycles. The zero-order valence-corrected chi connectivity index (χ0v) is 51.4. The number of benzene rings is 15. The molecule has 18 rings (SSSR count). The smallest absolute Gasteiger partial charge is 0.0590 e. The lowest BCUT2D eigenvalue weighted by Crippen LogP contribution is -1.91. The second-order valence-electron chi connectivity index (χ2n) is 22.6.